The molecule has 0 amide bonds. The first-order chi connectivity index (χ1) is 12.5. The molecule has 2 rings (SSSR count). The van der Waals surface area contributed by atoms with E-state index in [-0.39, 0.29) is 33.6 Å². The van der Waals surface area contributed by atoms with Gasteiger partial charge in [-0.2, -0.15) is 0 Å². The van der Waals surface area contributed by atoms with Gasteiger partial charge in [-0.3, -0.25) is 0 Å². The molecule has 3 N–H and O–H groups in total. The van der Waals surface area contributed by atoms with Gasteiger partial charge in [-0.25, -0.2) is 9.59 Å². The minimum absolute atomic E-state index is 0.0237. The van der Waals surface area contributed by atoms with Gasteiger partial charge in [0.05, 0.1) is 33.4 Å². The second kappa shape index (κ2) is 10.1. The molecule has 1 aromatic carbocycles. The number of hydrogen-bond donors (Lipinski definition) is 3. The molecule has 1 aliphatic heterocycles. The Labute approximate surface area is 167 Å². The summed E-state index contributed by atoms with van der Waals surface area (Å²) in [5.74, 6) is -2.55. The Kier molecular flexibility index (Phi) is 8.71. The molecule has 1 aliphatic rings. The van der Waals surface area contributed by atoms with E-state index in [4.69, 9.17) is 24.8 Å². The van der Waals surface area contributed by atoms with Gasteiger partial charge in [-0.15, -0.1) is 0 Å². The molecule has 8 heteroatoms. The lowest BCUT2D eigenvalue weighted by atomic mass is 9.91. The zero-order chi connectivity index (χ0) is 20.8. The van der Waals surface area contributed by atoms with Crippen LogP contribution in [-0.4, -0.2) is 51.7 Å². The van der Waals surface area contributed by atoms with Gasteiger partial charge in [-0.05, 0) is 55.3 Å². The Balaban J connectivity index is 0.000000337. The highest BCUT2D eigenvalue weighted by Gasteiger charge is 2.35. The number of aliphatic hydroxyl groups is 1. The standard InChI is InChI=1S/C11H11BrO6.C8H16O/c1-5(13)4-18-7-3-2-6(10(14)15)8(9(7)12)11(16)17;1-4-5-7-6-8(2,3)9-7/h2-3,5,13H,4H2,1H3,(H,14,15)(H,16,17);7H,4-6H2,1-3H3. The third kappa shape index (κ3) is 7.12. The number of ether oxygens (including phenoxy) is 2. The fourth-order valence-electron chi connectivity index (χ4n) is 2.74. The van der Waals surface area contributed by atoms with E-state index < -0.39 is 18.0 Å². The molecule has 152 valence electrons. The maximum Gasteiger partial charge on any atom is 0.337 e. The highest BCUT2D eigenvalue weighted by molar-refractivity contribution is 9.10. The van der Waals surface area contributed by atoms with Crippen LogP contribution in [0.3, 0.4) is 0 Å². The van der Waals surface area contributed by atoms with Crippen LogP contribution in [0, 0.1) is 0 Å². The third-order valence-corrected chi connectivity index (χ3v) is 4.63. The maximum atomic E-state index is 11.0. The number of halogens is 1. The molecular formula is C19H27BrO7. The molecule has 0 bridgehead atoms. The summed E-state index contributed by atoms with van der Waals surface area (Å²) in [4.78, 5) is 21.9. The summed E-state index contributed by atoms with van der Waals surface area (Å²) in [5.41, 5.74) is -0.524. The second-order valence-electron chi connectivity index (χ2n) is 7.06. The zero-order valence-corrected chi connectivity index (χ0v) is 17.6. The van der Waals surface area contributed by atoms with Crippen molar-refractivity contribution in [1.82, 2.24) is 0 Å². The Morgan fingerprint density at radius 2 is 1.93 bits per heavy atom. The van der Waals surface area contributed by atoms with E-state index in [1.807, 2.05) is 0 Å². The summed E-state index contributed by atoms with van der Waals surface area (Å²) in [5, 5.41) is 27.0. The van der Waals surface area contributed by atoms with Crippen molar-refractivity contribution in [1.29, 1.82) is 0 Å². The first kappa shape index (κ1) is 23.4. The van der Waals surface area contributed by atoms with Crippen molar-refractivity contribution in [3.05, 3.63) is 27.7 Å². The summed E-state index contributed by atoms with van der Waals surface area (Å²) in [6.07, 6.45) is 3.60. The molecule has 1 aromatic rings. The summed E-state index contributed by atoms with van der Waals surface area (Å²) in [6.45, 7) is 7.99. The van der Waals surface area contributed by atoms with Crippen LogP contribution in [0.5, 0.6) is 5.75 Å². The Morgan fingerprint density at radius 1 is 1.33 bits per heavy atom. The smallest absolute Gasteiger partial charge is 0.337 e. The van der Waals surface area contributed by atoms with E-state index in [0.717, 1.165) is 6.07 Å². The zero-order valence-electron chi connectivity index (χ0n) is 16.0. The molecule has 0 spiro atoms. The number of carboxylic acid groups (broad SMARTS) is 2. The normalized spacial score (nSPS) is 18.5. The van der Waals surface area contributed by atoms with Crippen LogP contribution in [0.2, 0.25) is 0 Å². The van der Waals surface area contributed by atoms with Crippen LogP contribution in [-0.2, 0) is 4.74 Å². The van der Waals surface area contributed by atoms with Crippen molar-refractivity contribution in [3.8, 4) is 5.75 Å². The Hall–Kier alpha value is -1.64. The summed E-state index contributed by atoms with van der Waals surface area (Å²) >= 11 is 3.00. The van der Waals surface area contributed by atoms with Crippen LogP contribution < -0.4 is 4.74 Å². The van der Waals surface area contributed by atoms with Crippen molar-refractivity contribution in [2.75, 3.05) is 6.61 Å². The number of benzene rings is 1. The predicted octanol–water partition coefficient (Wildman–Crippen LogP) is 3.96. The van der Waals surface area contributed by atoms with Crippen LogP contribution in [0.15, 0.2) is 16.6 Å². The van der Waals surface area contributed by atoms with Gasteiger partial charge >= 0.3 is 11.9 Å². The first-order valence-corrected chi connectivity index (χ1v) is 9.55. The molecule has 2 atom stereocenters. The minimum Gasteiger partial charge on any atom is -0.490 e. The van der Waals surface area contributed by atoms with Crippen LogP contribution in [0.25, 0.3) is 0 Å². The SMILES string of the molecule is CC(O)COc1ccc(C(=O)O)c(C(=O)O)c1Br.CCCC1CC(C)(C)O1. The van der Waals surface area contributed by atoms with Gasteiger partial charge in [-0.1, -0.05) is 13.3 Å². The van der Waals surface area contributed by atoms with Gasteiger partial charge in [0.15, 0.2) is 0 Å². The molecule has 1 saturated heterocycles. The molecule has 2 unspecified atom stereocenters. The van der Waals surface area contributed by atoms with Crippen molar-refractivity contribution < 1.29 is 34.4 Å². The van der Waals surface area contributed by atoms with E-state index in [1.54, 1.807) is 0 Å². The largest absolute Gasteiger partial charge is 0.490 e. The second-order valence-corrected chi connectivity index (χ2v) is 7.86. The van der Waals surface area contributed by atoms with E-state index in [1.165, 1.54) is 32.3 Å². The van der Waals surface area contributed by atoms with Crippen LogP contribution in [0.1, 0.15) is 67.7 Å². The number of carboxylic acids is 2. The fourth-order valence-corrected chi connectivity index (χ4v) is 3.37. The lowest BCUT2D eigenvalue weighted by molar-refractivity contribution is -0.186. The highest BCUT2D eigenvalue weighted by atomic mass is 79.9. The first-order valence-electron chi connectivity index (χ1n) is 8.76. The molecule has 7 nitrogen and oxygen atoms in total. The lowest BCUT2D eigenvalue weighted by Gasteiger charge is -2.43. The van der Waals surface area contributed by atoms with E-state index >= 15 is 0 Å². The van der Waals surface area contributed by atoms with Gasteiger partial charge in [0.25, 0.3) is 0 Å². The molecule has 0 aliphatic carbocycles. The highest BCUT2D eigenvalue weighted by Crippen LogP contribution is 2.34. The van der Waals surface area contributed by atoms with E-state index in [9.17, 15) is 9.59 Å². The third-order valence-electron chi connectivity index (χ3n) is 3.85. The molecule has 0 radical (unpaired) electrons. The monoisotopic (exact) mass is 446 g/mol. The quantitative estimate of drug-likeness (QED) is 0.580. The molecule has 0 saturated carbocycles. The summed E-state index contributed by atoms with van der Waals surface area (Å²) < 4.78 is 10.8. The lowest BCUT2D eigenvalue weighted by Crippen LogP contribution is -2.45. The number of aliphatic hydroxyl groups excluding tert-OH is 1. The predicted molar refractivity (Wildman–Crippen MR) is 104 cm³/mol. The fraction of sp³-hybridized carbons (Fsp3) is 0.579. The number of carbonyl (C=O) groups is 2. The van der Waals surface area contributed by atoms with Gasteiger partial charge in [0.1, 0.15) is 12.4 Å². The van der Waals surface area contributed by atoms with E-state index in [0.29, 0.717) is 6.10 Å². The van der Waals surface area contributed by atoms with E-state index in [2.05, 4.69) is 36.7 Å². The number of aromatic carboxylic acids is 2. The molecule has 1 fully saturated rings. The maximum absolute atomic E-state index is 11.0. The Bertz CT molecular complexity index is 662. The average molecular weight is 447 g/mol. The van der Waals surface area contributed by atoms with Crippen LogP contribution >= 0.6 is 15.9 Å². The average Bonchev–Trinajstić information content (AvgIpc) is 2.52. The van der Waals surface area contributed by atoms with Gasteiger partial charge in [0.2, 0.25) is 0 Å². The Morgan fingerprint density at radius 3 is 2.33 bits per heavy atom. The summed E-state index contributed by atoms with van der Waals surface area (Å²) in [7, 11) is 0. The molecule has 1 heterocycles. The molecule has 27 heavy (non-hydrogen) atoms. The molecule has 0 aromatic heterocycles. The van der Waals surface area contributed by atoms with Crippen molar-refractivity contribution in [2.45, 2.75) is 64.8 Å². The van der Waals surface area contributed by atoms with Crippen LogP contribution in [0.4, 0.5) is 0 Å². The summed E-state index contributed by atoms with van der Waals surface area (Å²) in [6, 6.07) is 2.48. The van der Waals surface area contributed by atoms with Crippen molar-refractivity contribution in [3.63, 3.8) is 0 Å². The minimum atomic E-state index is -1.37. The van der Waals surface area contributed by atoms with Gasteiger partial charge in [0, 0.05) is 6.42 Å². The van der Waals surface area contributed by atoms with Crippen molar-refractivity contribution in [2.24, 2.45) is 0 Å². The van der Waals surface area contributed by atoms with Gasteiger partial charge < -0.3 is 24.8 Å². The molecular weight excluding hydrogens is 420 g/mol. The number of rotatable bonds is 7. The topological polar surface area (TPSA) is 113 Å². The number of hydrogen-bond acceptors (Lipinski definition) is 5. The van der Waals surface area contributed by atoms with Crippen molar-refractivity contribution >= 4 is 27.9 Å².